The van der Waals surface area contributed by atoms with Gasteiger partial charge in [-0.05, 0) is 43.7 Å². The maximum Gasteiger partial charge on any atom is 0.136 e. The number of aromatic nitrogens is 2. The van der Waals surface area contributed by atoms with Gasteiger partial charge in [0, 0.05) is 35.5 Å². The topological polar surface area (TPSA) is 63.8 Å². The maximum absolute atomic E-state index is 13.9. The SMILES string of the molecule is C[C@@H]1CCc2c(sc3nc(CCN[C@@H](C)c4ccc(F)cc4F)nc(N)c23)C1. The summed E-state index contributed by atoms with van der Waals surface area (Å²) in [6, 6.07) is 3.41. The van der Waals surface area contributed by atoms with E-state index in [2.05, 4.69) is 17.2 Å². The molecule has 0 radical (unpaired) electrons. The highest BCUT2D eigenvalue weighted by Gasteiger charge is 2.23. The van der Waals surface area contributed by atoms with Crippen LogP contribution < -0.4 is 11.1 Å². The van der Waals surface area contributed by atoms with Gasteiger partial charge < -0.3 is 11.1 Å². The minimum Gasteiger partial charge on any atom is -0.383 e. The van der Waals surface area contributed by atoms with Crippen LogP contribution in [-0.4, -0.2) is 16.5 Å². The lowest BCUT2D eigenvalue weighted by Crippen LogP contribution is -2.23. The van der Waals surface area contributed by atoms with Crippen molar-refractivity contribution in [3.05, 3.63) is 51.7 Å². The van der Waals surface area contributed by atoms with Crippen molar-refractivity contribution >= 4 is 27.4 Å². The lowest BCUT2D eigenvalue weighted by molar-refractivity contribution is 0.509. The van der Waals surface area contributed by atoms with Crippen LogP contribution in [0, 0.1) is 17.6 Å². The third-order valence-electron chi connectivity index (χ3n) is 5.46. The number of benzene rings is 1. The molecule has 2 aromatic heterocycles. The van der Waals surface area contributed by atoms with Gasteiger partial charge in [0.25, 0.3) is 0 Å². The van der Waals surface area contributed by atoms with Gasteiger partial charge in [-0.1, -0.05) is 13.0 Å². The van der Waals surface area contributed by atoms with Crippen molar-refractivity contribution in [2.24, 2.45) is 5.92 Å². The number of nitrogen functional groups attached to an aromatic ring is 1. The molecule has 148 valence electrons. The minimum absolute atomic E-state index is 0.239. The highest BCUT2D eigenvalue weighted by atomic mass is 32.1. The number of rotatable bonds is 5. The highest BCUT2D eigenvalue weighted by Crippen LogP contribution is 2.39. The first-order valence-corrected chi connectivity index (χ1v) is 10.5. The molecule has 1 aliphatic rings. The Balaban J connectivity index is 1.46. The van der Waals surface area contributed by atoms with Crippen molar-refractivity contribution in [1.82, 2.24) is 15.3 Å². The van der Waals surface area contributed by atoms with Crippen LogP contribution in [0.1, 0.15) is 48.1 Å². The predicted molar refractivity (Wildman–Crippen MR) is 109 cm³/mol. The fourth-order valence-electron chi connectivity index (χ4n) is 3.89. The molecule has 0 saturated carbocycles. The van der Waals surface area contributed by atoms with Gasteiger partial charge in [0.05, 0.1) is 5.39 Å². The zero-order chi connectivity index (χ0) is 19.8. The Labute approximate surface area is 167 Å². The molecule has 0 aliphatic heterocycles. The standard InChI is InChI=1S/C21H24F2N4S/c1-11-3-5-15-17(9-11)28-21-19(15)20(24)26-18(27-21)7-8-25-12(2)14-6-4-13(22)10-16(14)23/h4,6,10-12,25H,3,5,7-9H2,1-2H3,(H2,24,26,27)/t11-,12+/m1/s1. The molecule has 3 N–H and O–H groups in total. The van der Waals surface area contributed by atoms with E-state index < -0.39 is 11.6 Å². The second kappa shape index (κ2) is 7.72. The van der Waals surface area contributed by atoms with E-state index in [1.165, 1.54) is 29.0 Å². The fourth-order valence-corrected chi connectivity index (χ4v) is 5.30. The molecule has 3 aromatic rings. The van der Waals surface area contributed by atoms with Crippen molar-refractivity contribution in [2.45, 2.75) is 45.6 Å². The number of thiophene rings is 1. The summed E-state index contributed by atoms with van der Waals surface area (Å²) < 4.78 is 27.0. The predicted octanol–water partition coefficient (Wildman–Crippen LogP) is 4.57. The highest BCUT2D eigenvalue weighted by molar-refractivity contribution is 7.19. The van der Waals surface area contributed by atoms with Gasteiger partial charge in [0.2, 0.25) is 0 Å². The molecule has 0 fully saturated rings. The van der Waals surface area contributed by atoms with E-state index in [1.54, 1.807) is 11.3 Å². The average molecular weight is 403 g/mol. The van der Waals surface area contributed by atoms with Crippen LogP contribution in [0.25, 0.3) is 10.2 Å². The first-order valence-electron chi connectivity index (χ1n) is 9.67. The van der Waals surface area contributed by atoms with Crippen LogP contribution in [-0.2, 0) is 19.3 Å². The van der Waals surface area contributed by atoms with Gasteiger partial charge in [-0.25, -0.2) is 18.7 Å². The van der Waals surface area contributed by atoms with Crippen molar-refractivity contribution in [1.29, 1.82) is 0 Å². The van der Waals surface area contributed by atoms with E-state index in [-0.39, 0.29) is 6.04 Å². The molecule has 0 spiro atoms. The lowest BCUT2D eigenvalue weighted by Gasteiger charge is -2.17. The molecule has 0 amide bonds. The summed E-state index contributed by atoms with van der Waals surface area (Å²) >= 11 is 1.74. The summed E-state index contributed by atoms with van der Waals surface area (Å²) in [4.78, 5) is 11.6. The van der Waals surface area contributed by atoms with Crippen LogP contribution in [0.5, 0.6) is 0 Å². The summed E-state index contributed by atoms with van der Waals surface area (Å²) in [6.07, 6.45) is 3.91. The first-order chi connectivity index (χ1) is 13.4. The Morgan fingerprint density at radius 3 is 2.93 bits per heavy atom. The summed E-state index contributed by atoms with van der Waals surface area (Å²) in [5.74, 6) is 0.839. The van der Waals surface area contributed by atoms with Crippen LogP contribution in [0.3, 0.4) is 0 Å². The van der Waals surface area contributed by atoms with Crippen molar-refractivity contribution in [3.8, 4) is 0 Å². The zero-order valence-corrected chi connectivity index (χ0v) is 16.9. The van der Waals surface area contributed by atoms with Gasteiger partial charge in [0.1, 0.15) is 28.1 Å². The Bertz CT molecular complexity index is 1020. The van der Waals surface area contributed by atoms with E-state index in [4.69, 9.17) is 10.7 Å². The largest absolute Gasteiger partial charge is 0.383 e. The lowest BCUT2D eigenvalue weighted by atomic mass is 9.89. The van der Waals surface area contributed by atoms with Crippen LogP contribution in [0.2, 0.25) is 0 Å². The minimum atomic E-state index is -0.571. The molecule has 28 heavy (non-hydrogen) atoms. The Hall–Kier alpha value is -2.12. The zero-order valence-electron chi connectivity index (χ0n) is 16.1. The number of anilines is 1. The summed E-state index contributed by atoms with van der Waals surface area (Å²) in [5.41, 5.74) is 8.04. The number of halogens is 2. The summed E-state index contributed by atoms with van der Waals surface area (Å²) in [6.45, 7) is 4.71. The molecule has 7 heteroatoms. The molecular formula is C21H24F2N4S. The van der Waals surface area contributed by atoms with Gasteiger partial charge in [-0.3, -0.25) is 0 Å². The van der Waals surface area contributed by atoms with Crippen LogP contribution in [0.4, 0.5) is 14.6 Å². The molecule has 2 heterocycles. The Morgan fingerprint density at radius 1 is 1.32 bits per heavy atom. The molecule has 1 aromatic carbocycles. The van der Waals surface area contributed by atoms with E-state index in [0.717, 1.165) is 29.1 Å². The van der Waals surface area contributed by atoms with Crippen LogP contribution >= 0.6 is 11.3 Å². The maximum atomic E-state index is 13.9. The number of aryl methyl sites for hydroxylation is 1. The number of hydrogen-bond donors (Lipinski definition) is 2. The molecule has 2 atom stereocenters. The van der Waals surface area contributed by atoms with Crippen molar-refractivity contribution in [2.75, 3.05) is 12.3 Å². The summed E-state index contributed by atoms with van der Waals surface area (Å²) in [7, 11) is 0. The molecule has 1 aliphatic carbocycles. The Kier molecular flexibility index (Phi) is 5.29. The third kappa shape index (κ3) is 3.73. The second-order valence-corrected chi connectivity index (χ2v) is 8.73. The van der Waals surface area contributed by atoms with Crippen LogP contribution in [0.15, 0.2) is 18.2 Å². The average Bonchev–Trinajstić information content (AvgIpc) is 2.99. The molecule has 4 rings (SSSR count). The first kappa shape index (κ1) is 19.2. The molecular weight excluding hydrogens is 378 g/mol. The van der Waals surface area contributed by atoms with E-state index in [0.29, 0.717) is 36.1 Å². The van der Waals surface area contributed by atoms with Gasteiger partial charge >= 0.3 is 0 Å². The number of hydrogen-bond acceptors (Lipinski definition) is 5. The normalized spacial score (nSPS) is 17.6. The van der Waals surface area contributed by atoms with E-state index >= 15 is 0 Å². The van der Waals surface area contributed by atoms with Gasteiger partial charge in [-0.2, -0.15) is 0 Å². The number of nitrogens with two attached hydrogens (primary N) is 1. The van der Waals surface area contributed by atoms with E-state index in [1.807, 2.05) is 6.92 Å². The molecule has 0 saturated heterocycles. The molecule has 0 unspecified atom stereocenters. The third-order valence-corrected chi connectivity index (χ3v) is 6.61. The fraction of sp³-hybridized carbons (Fsp3) is 0.429. The monoisotopic (exact) mass is 402 g/mol. The van der Waals surface area contributed by atoms with Crippen molar-refractivity contribution < 1.29 is 8.78 Å². The second-order valence-electron chi connectivity index (χ2n) is 7.65. The number of nitrogens with zero attached hydrogens (tertiary/aromatic N) is 2. The Morgan fingerprint density at radius 2 is 2.14 bits per heavy atom. The van der Waals surface area contributed by atoms with Crippen molar-refractivity contribution in [3.63, 3.8) is 0 Å². The summed E-state index contributed by atoms with van der Waals surface area (Å²) in [5, 5.41) is 4.28. The molecule has 0 bridgehead atoms. The number of nitrogens with one attached hydrogen (secondary N) is 1. The van der Waals surface area contributed by atoms with Gasteiger partial charge in [-0.15, -0.1) is 11.3 Å². The smallest absolute Gasteiger partial charge is 0.136 e. The van der Waals surface area contributed by atoms with Gasteiger partial charge in [0.15, 0.2) is 0 Å². The molecule has 4 nitrogen and oxygen atoms in total. The number of fused-ring (bicyclic) bond motifs is 3. The quantitative estimate of drug-likeness (QED) is 0.656. The van der Waals surface area contributed by atoms with E-state index in [9.17, 15) is 8.78 Å².